The highest BCUT2D eigenvalue weighted by atomic mass is 19.1. The number of hydrogen-bond donors (Lipinski definition) is 1. The third-order valence-electron chi connectivity index (χ3n) is 3.58. The lowest BCUT2D eigenvalue weighted by atomic mass is 10.1. The van der Waals surface area contributed by atoms with Crippen LogP contribution in [0.5, 0.6) is 0 Å². The Morgan fingerprint density at radius 3 is 2.24 bits per heavy atom. The van der Waals surface area contributed by atoms with E-state index in [2.05, 4.69) is 0 Å². The molecule has 0 unspecified atom stereocenters. The van der Waals surface area contributed by atoms with Crippen molar-refractivity contribution >= 4 is 5.69 Å². The monoisotopic (exact) mass is 287 g/mol. The molecule has 0 fully saturated rings. The van der Waals surface area contributed by atoms with Crippen LogP contribution in [0.3, 0.4) is 0 Å². The largest absolute Gasteiger partial charge is 0.389 e. The minimum absolute atomic E-state index is 0.178. The molecule has 1 N–H and O–H groups in total. The van der Waals surface area contributed by atoms with Crippen molar-refractivity contribution in [1.82, 2.24) is 0 Å². The maximum atomic E-state index is 14.4. The van der Waals surface area contributed by atoms with Crippen molar-refractivity contribution in [2.45, 2.75) is 39.5 Å². The molecule has 3 heteroatoms. The molecular weight excluding hydrogens is 265 g/mol. The van der Waals surface area contributed by atoms with Crippen molar-refractivity contribution < 1.29 is 9.50 Å². The fourth-order valence-electron chi connectivity index (χ4n) is 2.34. The van der Waals surface area contributed by atoms with E-state index in [1.54, 1.807) is 19.1 Å². The Kier molecular flexibility index (Phi) is 4.97. The van der Waals surface area contributed by atoms with Crippen molar-refractivity contribution in [1.29, 1.82) is 0 Å². The zero-order chi connectivity index (χ0) is 15.4. The van der Waals surface area contributed by atoms with E-state index in [1.165, 1.54) is 6.07 Å². The average molecular weight is 287 g/mol. The molecule has 0 bridgehead atoms. The van der Waals surface area contributed by atoms with Gasteiger partial charge in [0.05, 0.1) is 11.8 Å². The van der Waals surface area contributed by atoms with Crippen LogP contribution in [0.2, 0.25) is 0 Å². The first-order chi connectivity index (χ1) is 9.99. The number of anilines is 1. The minimum Gasteiger partial charge on any atom is -0.389 e. The average Bonchev–Trinajstić information content (AvgIpc) is 2.46. The SMILES string of the molecule is CC(C)N(Cc1ccccc1)c1ccc([C@@H](C)O)cc1F. The van der Waals surface area contributed by atoms with Gasteiger partial charge in [0.2, 0.25) is 0 Å². The van der Waals surface area contributed by atoms with Gasteiger partial charge < -0.3 is 10.0 Å². The molecule has 0 saturated carbocycles. The molecule has 0 aliphatic carbocycles. The Labute approximate surface area is 125 Å². The fourth-order valence-corrected chi connectivity index (χ4v) is 2.34. The number of rotatable bonds is 5. The van der Waals surface area contributed by atoms with Crippen LogP contribution < -0.4 is 4.90 Å². The van der Waals surface area contributed by atoms with E-state index in [4.69, 9.17) is 0 Å². The van der Waals surface area contributed by atoms with Gasteiger partial charge in [-0.25, -0.2) is 4.39 Å². The van der Waals surface area contributed by atoms with Crippen LogP contribution in [0.15, 0.2) is 48.5 Å². The molecule has 112 valence electrons. The third kappa shape index (κ3) is 3.82. The molecule has 0 aromatic heterocycles. The summed E-state index contributed by atoms with van der Waals surface area (Å²) < 4.78 is 14.4. The first kappa shape index (κ1) is 15.5. The van der Waals surface area contributed by atoms with Crippen molar-refractivity contribution in [2.24, 2.45) is 0 Å². The second-order valence-electron chi connectivity index (χ2n) is 5.59. The second kappa shape index (κ2) is 6.72. The quantitative estimate of drug-likeness (QED) is 0.886. The van der Waals surface area contributed by atoms with Gasteiger partial charge in [0.1, 0.15) is 5.82 Å². The number of nitrogens with zero attached hydrogens (tertiary/aromatic N) is 1. The number of aliphatic hydroxyl groups excluding tert-OH is 1. The molecule has 0 aliphatic rings. The van der Waals surface area contributed by atoms with Crippen LogP contribution in [0.4, 0.5) is 10.1 Å². The predicted octanol–water partition coefficient (Wildman–Crippen LogP) is 4.29. The Balaban J connectivity index is 2.30. The Bertz CT molecular complexity index is 581. The molecule has 2 nitrogen and oxygen atoms in total. The maximum Gasteiger partial charge on any atom is 0.146 e. The molecule has 0 aliphatic heterocycles. The van der Waals surface area contributed by atoms with Crippen LogP contribution in [0.1, 0.15) is 38.0 Å². The Hall–Kier alpha value is -1.87. The number of hydrogen-bond acceptors (Lipinski definition) is 2. The zero-order valence-corrected chi connectivity index (χ0v) is 12.8. The first-order valence-electron chi connectivity index (χ1n) is 7.27. The first-order valence-corrected chi connectivity index (χ1v) is 7.27. The molecule has 2 aromatic carbocycles. The smallest absolute Gasteiger partial charge is 0.146 e. The van der Waals surface area contributed by atoms with Gasteiger partial charge in [0.25, 0.3) is 0 Å². The van der Waals surface area contributed by atoms with Gasteiger partial charge in [-0.05, 0) is 44.0 Å². The predicted molar refractivity (Wildman–Crippen MR) is 84.8 cm³/mol. The zero-order valence-electron chi connectivity index (χ0n) is 12.8. The molecule has 1 atom stereocenters. The summed E-state index contributed by atoms with van der Waals surface area (Å²) in [5, 5.41) is 9.54. The highest BCUT2D eigenvalue weighted by Gasteiger charge is 2.16. The van der Waals surface area contributed by atoms with Crippen LogP contribution in [0, 0.1) is 5.82 Å². The number of benzene rings is 2. The summed E-state index contributed by atoms with van der Waals surface area (Å²) in [6.07, 6.45) is -0.657. The van der Waals surface area contributed by atoms with Crippen LogP contribution in [-0.2, 0) is 6.54 Å². The fraction of sp³-hybridized carbons (Fsp3) is 0.333. The highest BCUT2D eigenvalue weighted by molar-refractivity contribution is 5.50. The molecule has 2 aromatic rings. The van der Waals surface area contributed by atoms with E-state index >= 15 is 0 Å². The van der Waals surface area contributed by atoms with Gasteiger partial charge in [0.15, 0.2) is 0 Å². The van der Waals surface area contributed by atoms with E-state index in [-0.39, 0.29) is 11.9 Å². The number of aliphatic hydroxyl groups is 1. The minimum atomic E-state index is -0.657. The molecule has 0 heterocycles. The van der Waals surface area contributed by atoms with Crippen LogP contribution in [-0.4, -0.2) is 11.1 Å². The summed E-state index contributed by atoms with van der Waals surface area (Å²) in [5.74, 6) is -0.293. The summed E-state index contributed by atoms with van der Waals surface area (Å²) in [6, 6.07) is 15.2. The molecular formula is C18H22FNO. The molecule has 0 radical (unpaired) electrons. The van der Waals surface area contributed by atoms with Gasteiger partial charge in [-0.1, -0.05) is 36.4 Å². The van der Waals surface area contributed by atoms with Crippen molar-refractivity contribution in [3.8, 4) is 0 Å². The normalized spacial score (nSPS) is 12.5. The Morgan fingerprint density at radius 1 is 1.05 bits per heavy atom. The van der Waals surface area contributed by atoms with Gasteiger partial charge in [-0.2, -0.15) is 0 Å². The van der Waals surface area contributed by atoms with Crippen molar-refractivity contribution in [3.05, 3.63) is 65.5 Å². The molecule has 2 rings (SSSR count). The van der Waals surface area contributed by atoms with E-state index in [0.29, 0.717) is 17.8 Å². The van der Waals surface area contributed by atoms with Crippen LogP contribution in [0.25, 0.3) is 0 Å². The highest BCUT2D eigenvalue weighted by Crippen LogP contribution is 2.26. The Morgan fingerprint density at radius 2 is 1.71 bits per heavy atom. The third-order valence-corrected chi connectivity index (χ3v) is 3.58. The summed E-state index contributed by atoms with van der Waals surface area (Å²) in [4.78, 5) is 2.02. The maximum absolute atomic E-state index is 14.4. The van der Waals surface area contributed by atoms with Crippen LogP contribution >= 0.6 is 0 Å². The van der Waals surface area contributed by atoms with E-state index in [0.717, 1.165) is 5.56 Å². The van der Waals surface area contributed by atoms with E-state index < -0.39 is 6.10 Å². The summed E-state index contributed by atoms with van der Waals surface area (Å²) in [6.45, 7) is 6.39. The lowest BCUT2D eigenvalue weighted by Crippen LogP contribution is -2.31. The summed E-state index contributed by atoms with van der Waals surface area (Å²) >= 11 is 0. The van der Waals surface area contributed by atoms with Gasteiger partial charge in [-0.15, -0.1) is 0 Å². The molecule has 21 heavy (non-hydrogen) atoms. The lowest BCUT2D eigenvalue weighted by molar-refractivity contribution is 0.199. The summed E-state index contributed by atoms with van der Waals surface area (Å²) in [7, 11) is 0. The topological polar surface area (TPSA) is 23.5 Å². The van der Waals surface area contributed by atoms with Gasteiger partial charge in [-0.3, -0.25) is 0 Å². The molecule has 0 amide bonds. The van der Waals surface area contributed by atoms with E-state index in [1.807, 2.05) is 49.1 Å². The van der Waals surface area contributed by atoms with E-state index in [9.17, 15) is 9.50 Å². The van der Waals surface area contributed by atoms with Gasteiger partial charge >= 0.3 is 0 Å². The summed E-state index contributed by atoms with van der Waals surface area (Å²) in [5.41, 5.74) is 2.31. The lowest BCUT2D eigenvalue weighted by Gasteiger charge is -2.30. The molecule has 0 saturated heterocycles. The molecule has 0 spiro atoms. The standard InChI is InChI=1S/C18H22FNO/c1-13(2)20(12-15-7-5-4-6-8-15)18-10-9-16(14(3)21)11-17(18)19/h4-11,13-14,21H,12H2,1-3H3/t14-/m1/s1. The van der Waals surface area contributed by atoms with Gasteiger partial charge in [0, 0.05) is 12.6 Å². The number of halogens is 1. The van der Waals surface area contributed by atoms with Crippen molar-refractivity contribution in [2.75, 3.05) is 4.90 Å². The van der Waals surface area contributed by atoms with Crippen molar-refractivity contribution in [3.63, 3.8) is 0 Å². The second-order valence-corrected chi connectivity index (χ2v) is 5.59.